The molecule has 0 aliphatic rings. The van der Waals surface area contributed by atoms with E-state index in [1.807, 2.05) is 0 Å². The Bertz CT molecular complexity index is 640. The topological polar surface area (TPSA) is 88.2 Å². The number of nitrogens with zero attached hydrogens (tertiary/aromatic N) is 3. The summed E-state index contributed by atoms with van der Waals surface area (Å²) in [4.78, 5) is 10.8. The number of carboxylic acids is 1. The van der Waals surface area contributed by atoms with Gasteiger partial charge in [0.2, 0.25) is 5.69 Å². The molecule has 0 saturated heterocycles. The summed E-state index contributed by atoms with van der Waals surface area (Å²) in [5.74, 6) is -1.83. The second-order valence-electron chi connectivity index (χ2n) is 4.20. The van der Waals surface area contributed by atoms with Crippen LogP contribution in [-0.2, 0) is 12.7 Å². The lowest BCUT2D eigenvalue weighted by atomic mass is 10.1. The number of benzene rings is 1. The lowest BCUT2D eigenvalue weighted by Gasteiger charge is -2.14. The Morgan fingerprint density at radius 2 is 1.90 bits per heavy atom. The summed E-state index contributed by atoms with van der Waals surface area (Å²) >= 11 is 0. The van der Waals surface area contributed by atoms with Gasteiger partial charge in [-0.15, -0.1) is 5.10 Å². The van der Waals surface area contributed by atoms with Crippen molar-refractivity contribution in [3.8, 4) is 0 Å². The number of halogens is 3. The molecule has 1 aromatic heterocycles. The van der Waals surface area contributed by atoms with Gasteiger partial charge in [-0.05, 0) is 5.56 Å². The fourth-order valence-electron chi connectivity index (χ4n) is 1.81. The fraction of sp³-hybridized carbons (Fsp3) is 0.250. The molecular formula is C12H10F3N3O3. The van der Waals surface area contributed by atoms with Gasteiger partial charge in [-0.25, -0.2) is 9.48 Å². The van der Waals surface area contributed by atoms with Gasteiger partial charge >= 0.3 is 12.1 Å². The molecule has 2 rings (SSSR count). The third-order valence-corrected chi connectivity index (χ3v) is 2.74. The van der Waals surface area contributed by atoms with Crippen LogP contribution in [0.4, 0.5) is 13.2 Å². The number of hydrogen-bond acceptors (Lipinski definition) is 4. The molecule has 0 radical (unpaired) electrons. The highest BCUT2D eigenvalue weighted by molar-refractivity contribution is 5.86. The highest BCUT2D eigenvalue weighted by Crippen LogP contribution is 2.32. The molecule has 0 bridgehead atoms. The molecule has 0 saturated carbocycles. The van der Waals surface area contributed by atoms with E-state index in [4.69, 9.17) is 5.11 Å². The van der Waals surface area contributed by atoms with Crippen LogP contribution in [0, 0.1) is 0 Å². The summed E-state index contributed by atoms with van der Waals surface area (Å²) in [6.45, 7) is -0.556. The van der Waals surface area contributed by atoms with Crippen molar-refractivity contribution in [2.45, 2.75) is 18.8 Å². The van der Waals surface area contributed by atoms with Crippen LogP contribution in [0.25, 0.3) is 0 Å². The van der Waals surface area contributed by atoms with Gasteiger partial charge in [-0.3, -0.25) is 0 Å². The number of carbonyl (C=O) groups is 1. The van der Waals surface area contributed by atoms with Crippen LogP contribution in [-0.4, -0.2) is 31.2 Å². The van der Waals surface area contributed by atoms with Crippen molar-refractivity contribution < 1.29 is 28.2 Å². The minimum atomic E-state index is -4.94. The van der Waals surface area contributed by atoms with Crippen molar-refractivity contribution in [2.75, 3.05) is 0 Å². The molecule has 0 aliphatic heterocycles. The number of rotatable bonds is 4. The SMILES string of the molecule is O=C(O)c1nnn(CC(O)c2ccccc2)c1C(F)(F)F. The summed E-state index contributed by atoms with van der Waals surface area (Å²) in [5.41, 5.74) is -2.30. The molecule has 2 N–H and O–H groups in total. The molecular weight excluding hydrogens is 291 g/mol. The van der Waals surface area contributed by atoms with E-state index in [-0.39, 0.29) is 0 Å². The lowest BCUT2D eigenvalue weighted by molar-refractivity contribution is -0.145. The number of carboxylic acid groups (broad SMARTS) is 1. The molecule has 112 valence electrons. The van der Waals surface area contributed by atoms with E-state index in [0.29, 0.717) is 10.2 Å². The average molecular weight is 301 g/mol. The molecule has 0 amide bonds. The normalized spacial score (nSPS) is 13.1. The second kappa shape index (κ2) is 5.52. The van der Waals surface area contributed by atoms with Gasteiger partial charge < -0.3 is 10.2 Å². The first-order valence-corrected chi connectivity index (χ1v) is 5.77. The zero-order valence-electron chi connectivity index (χ0n) is 10.4. The van der Waals surface area contributed by atoms with Gasteiger partial charge in [-0.2, -0.15) is 13.2 Å². The first-order valence-electron chi connectivity index (χ1n) is 5.77. The summed E-state index contributed by atoms with van der Waals surface area (Å²) in [6, 6.07) is 8.00. The molecule has 1 aromatic carbocycles. The van der Waals surface area contributed by atoms with Crippen molar-refractivity contribution in [3.63, 3.8) is 0 Å². The van der Waals surface area contributed by atoms with Crippen LogP contribution in [0.5, 0.6) is 0 Å². The predicted octanol–water partition coefficient (Wildman–Crippen LogP) is 1.73. The van der Waals surface area contributed by atoms with Gasteiger partial charge in [-0.1, -0.05) is 35.5 Å². The summed E-state index contributed by atoms with van der Waals surface area (Å²) in [6.07, 6.45) is -6.20. The molecule has 1 unspecified atom stereocenters. The van der Waals surface area contributed by atoms with Crippen molar-refractivity contribution in [3.05, 3.63) is 47.3 Å². The minimum absolute atomic E-state index is 0.348. The number of aliphatic hydroxyl groups is 1. The van der Waals surface area contributed by atoms with Crippen molar-refractivity contribution >= 4 is 5.97 Å². The van der Waals surface area contributed by atoms with Crippen LogP contribution in [0.1, 0.15) is 27.8 Å². The highest BCUT2D eigenvalue weighted by atomic mass is 19.4. The van der Waals surface area contributed by atoms with Crippen molar-refractivity contribution in [1.29, 1.82) is 0 Å². The molecule has 1 atom stereocenters. The van der Waals surface area contributed by atoms with E-state index in [9.17, 15) is 23.1 Å². The minimum Gasteiger partial charge on any atom is -0.476 e. The Hall–Kier alpha value is -2.42. The Labute approximate surface area is 116 Å². The van der Waals surface area contributed by atoms with Crippen LogP contribution < -0.4 is 0 Å². The molecule has 0 fully saturated rings. The van der Waals surface area contributed by atoms with Crippen molar-refractivity contribution in [2.24, 2.45) is 0 Å². The number of hydrogen-bond donors (Lipinski definition) is 2. The molecule has 6 nitrogen and oxygen atoms in total. The van der Waals surface area contributed by atoms with E-state index < -0.39 is 36.2 Å². The molecule has 0 spiro atoms. The summed E-state index contributed by atoms with van der Waals surface area (Å²) in [5, 5.41) is 24.8. The first-order chi connectivity index (χ1) is 9.80. The Kier molecular flexibility index (Phi) is 3.94. The Morgan fingerprint density at radius 3 is 2.43 bits per heavy atom. The van der Waals surface area contributed by atoms with E-state index >= 15 is 0 Å². The maximum absolute atomic E-state index is 12.9. The van der Waals surface area contributed by atoms with Crippen molar-refractivity contribution in [1.82, 2.24) is 15.0 Å². The maximum Gasteiger partial charge on any atom is 0.435 e. The van der Waals surface area contributed by atoms with E-state index in [2.05, 4.69) is 10.3 Å². The molecule has 21 heavy (non-hydrogen) atoms. The zero-order chi connectivity index (χ0) is 15.6. The predicted molar refractivity (Wildman–Crippen MR) is 63.4 cm³/mol. The van der Waals surface area contributed by atoms with Gasteiger partial charge in [0.25, 0.3) is 0 Å². The van der Waals surface area contributed by atoms with Crippen LogP contribution in [0.3, 0.4) is 0 Å². The lowest BCUT2D eigenvalue weighted by Crippen LogP contribution is -2.21. The number of aromatic nitrogens is 3. The van der Waals surface area contributed by atoms with E-state index in [1.54, 1.807) is 18.2 Å². The fourth-order valence-corrected chi connectivity index (χ4v) is 1.81. The number of aromatic carboxylic acids is 1. The van der Waals surface area contributed by atoms with Gasteiger partial charge in [0.05, 0.1) is 12.6 Å². The average Bonchev–Trinajstić information content (AvgIpc) is 2.83. The standard InChI is InChI=1S/C12H10F3N3O3/c13-12(14,15)10-9(11(20)21)16-17-18(10)6-8(19)7-4-2-1-3-5-7/h1-5,8,19H,6H2,(H,20,21). The van der Waals surface area contributed by atoms with Crippen LogP contribution >= 0.6 is 0 Å². The zero-order valence-corrected chi connectivity index (χ0v) is 10.4. The molecule has 0 aliphatic carbocycles. The molecule has 2 aromatic rings. The third kappa shape index (κ3) is 3.19. The maximum atomic E-state index is 12.9. The van der Waals surface area contributed by atoms with Gasteiger partial charge in [0, 0.05) is 0 Å². The summed E-state index contributed by atoms with van der Waals surface area (Å²) in [7, 11) is 0. The monoisotopic (exact) mass is 301 g/mol. The van der Waals surface area contributed by atoms with Crippen LogP contribution in [0.15, 0.2) is 30.3 Å². The Morgan fingerprint density at radius 1 is 1.29 bits per heavy atom. The van der Waals surface area contributed by atoms with E-state index in [0.717, 1.165) is 0 Å². The molecule has 9 heteroatoms. The van der Waals surface area contributed by atoms with Crippen LogP contribution in [0.2, 0.25) is 0 Å². The second-order valence-corrected chi connectivity index (χ2v) is 4.20. The van der Waals surface area contributed by atoms with Gasteiger partial charge in [0.1, 0.15) is 0 Å². The Balaban J connectivity index is 2.35. The molecule has 1 heterocycles. The largest absolute Gasteiger partial charge is 0.476 e. The third-order valence-electron chi connectivity index (χ3n) is 2.74. The smallest absolute Gasteiger partial charge is 0.435 e. The summed E-state index contributed by atoms with van der Waals surface area (Å²) < 4.78 is 39.1. The number of alkyl halides is 3. The van der Waals surface area contributed by atoms with Gasteiger partial charge in [0.15, 0.2) is 5.69 Å². The quantitative estimate of drug-likeness (QED) is 0.898. The first kappa shape index (κ1) is 15.0. The van der Waals surface area contributed by atoms with E-state index in [1.165, 1.54) is 12.1 Å². The highest BCUT2D eigenvalue weighted by Gasteiger charge is 2.41. The number of aliphatic hydroxyl groups excluding tert-OH is 1.